The summed E-state index contributed by atoms with van der Waals surface area (Å²) in [5.41, 5.74) is 0.877. The summed E-state index contributed by atoms with van der Waals surface area (Å²) in [5, 5.41) is 10.8. The van der Waals surface area contributed by atoms with E-state index in [-0.39, 0.29) is 0 Å². The Labute approximate surface area is 179 Å². The molecule has 0 saturated carbocycles. The molecule has 1 fully saturated rings. The van der Waals surface area contributed by atoms with Crippen molar-refractivity contribution in [2.45, 2.75) is 50.6 Å². The molecule has 0 bridgehead atoms. The lowest BCUT2D eigenvalue weighted by Crippen LogP contribution is -2.38. The van der Waals surface area contributed by atoms with Crippen molar-refractivity contribution in [3.8, 4) is 0 Å². The van der Waals surface area contributed by atoms with Crippen LogP contribution in [0, 0.1) is 0 Å². The Bertz CT molecular complexity index is 905. The van der Waals surface area contributed by atoms with Gasteiger partial charge in [-0.15, -0.1) is 0 Å². The molecule has 0 aliphatic carbocycles. The zero-order chi connectivity index (χ0) is 21.2. The van der Waals surface area contributed by atoms with Crippen molar-refractivity contribution in [1.29, 1.82) is 0 Å². The first-order chi connectivity index (χ1) is 14.6. The van der Waals surface area contributed by atoms with Gasteiger partial charge in [0.15, 0.2) is 5.96 Å². The van der Waals surface area contributed by atoms with Gasteiger partial charge in [-0.2, -0.15) is 9.40 Å². The van der Waals surface area contributed by atoms with E-state index in [1.165, 1.54) is 0 Å². The second-order valence-electron chi connectivity index (χ2n) is 7.36. The predicted molar refractivity (Wildman–Crippen MR) is 119 cm³/mol. The third-order valence-corrected chi connectivity index (χ3v) is 6.93. The van der Waals surface area contributed by atoms with Crippen LogP contribution in [0.4, 0.5) is 0 Å². The van der Waals surface area contributed by atoms with Crippen LogP contribution in [0.15, 0.2) is 52.6 Å². The molecule has 1 aliphatic rings. The second-order valence-corrected chi connectivity index (χ2v) is 9.29. The minimum atomic E-state index is -3.43. The molecule has 0 atom stereocenters. The fraction of sp³-hybridized carbons (Fsp3) is 0.524. The molecule has 164 valence electrons. The predicted octanol–water partition coefficient (Wildman–Crippen LogP) is 2.20. The maximum Gasteiger partial charge on any atom is 0.243 e. The summed E-state index contributed by atoms with van der Waals surface area (Å²) in [7, 11) is -3.43. The monoisotopic (exact) mass is 432 g/mol. The number of hydrogen-bond donors (Lipinski definition) is 2. The fourth-order valence-electron chi connectivity index (χ4n) is 3.45. The van der Waals surface area contributed by atoms with Gasteiger partial charge in [-0.05, 0) is 49.9 Å². The van der Waals surface area contributed by atoms with Gasteiger partial charge in [-0.25, -0.2) is 13.4 Å². The van der Waals surface area contributed by atoms with Crippen LogP contribution in [0.1, 0.15) is 38.2 Å². The van der Waals surface area contributed by atoms with E-state index in [0.29, 0.717) is 24.5 Å². The molecule has 9 heteroatoms. The largest absolute Gasteiger partial charge is 0.357 e. The molecule has 1 aromatic carbocycles. The summed E-state index contributed by atoms with van der Waals surface area (Å²) in [6, 6.07) is 9.05. The van der Waals surface area contributed by atoms with Crippen molar-refractivity contribution in [2.75, 3.05) is 26.2 Å². The van der Waals surface area contributed by atoms with Gasteiger partial charge in [0.25, 0.3) is 0 Å². The van der Waals surface area contributed by atoms with Crippen LogP contribution in [0.25, 0.3) is 0 Å². The molecular weight excluding hydrogens is 400 g/mol. The summed E-state index contributed by atoms with van der Waals surface area (Å²) in [4.78, 5) is 4.97. The minimum Gasteiger partial charge on any atom is -0.357 e. The van der Waals surface area contributed by atoms with E-state index in [4.69, 9.17) is 0 Å². The van der Waals surface area contributed by atoms with Crippen LogP contribution >= 0.6 is 0 Å². The van der Waals surface area contributed by atoms with Crippen molar-refractivity contribution in [2.24, 2.45) is 4.99 Å². The van der Waals surface area contributed by atoms with E-state index < -0.39 is 10.0 Å². The quantitative estimate of drug-likeness (QED) is 0.360. The van der Waals surface area contributed by atoms with Gasteiger partial charge < -0.3 is 10.6 Å². The van der Waals surface area contributed by atoms with Crippen molar-refractivity contribution < 1.29 is 8.42 Å². The van der Waals surface area contributed by atoms with E-state index in [0.717, 1.165) is 56.8 Å². The van der Waals surface area contributed by atoms with Crippen LogP contribution in [0.2, 0.25) is 0 Å². The zero-order valence-corrected chi connectivity index (χ0v) is 18.4. The van der Waals surface area contributed by atoms with Crippen molar-refractivity contribution in [3.63, 3.8) is 0 Å². The number of benzene rings is 1. The smallest absolute Gasteiger partial charge is 0.243 e. The summed E-state index contributed by atoms with van der Waals surface area (Å²) in [6.07, 6.45) is 7.62. The molecule has 0 unspecified atom stereocenters. The Morgan fingerprint density at radius 3 is 2.73 bits per heavy atom. The molecule has 3 rings (SSSR count). The number of aryl methyl sites for hydroxylation is 1. The van der Waals surface area contributed by atoms with E-state index in [1.807, 2.05) is 29.9 Å². The molecule has 0 amide bonds. The first-order valence-corrected chi connectivity index (χ1v) is 12.1. The molecular formula is C21H32N6O2S. The lowest BCUT2D eigenvalue weighted by molar-refractivity contribution is 0.346. The summed E-state index contributed by atoms with van der Waals surface area (Å²) < 4.78 is 29.3. The molecule has 1 aliphatic heterocycles. The number of guanidine groups is 1. The summed E-state index contributed by atoms with van der Waals surface area (Å²) >= 11 is 0. The third kappa shape index (κ3) is 6.30. The minimum absolute atomic E-state index is 0.356. The molecule has 1 saturated heterocycles. The summed E-state index contributed by atoms with van der Waals surface area (Å²) in [6.45, 7) is 6.03. The topological polar surface area (TPSA) is 91.6 Å². The highest BCUT2D eigenvalue weighted by atomic mass is 32.2. The molecule has 0 spiro atoms. The van der Waals surface area contributed by atoms with E-state index in [1.54, 1.807) is 28.7 Å². The average Bonchev–Trinajstić information content (AvgIpc) is 3.29. The maximum absolute atomic E-state index is 12.9. The molecule has 1 aromatic heterocycles. The molecule has 0 radical (unpaired) electrons. The van der Waals surface area contributed by atoms with Gasteiger partial charge in [0.2, 0.25) is 10.0 Å². The van der Waals surface area contributed by atoms with E-state index in [9.17, 15) is 8.42 Å². The lowest BCUT2D eigenvalue weighted by atomic mass is 10.2. The van der Waals surface area contributed by atoms with Crippen LogP contribution in [-0.4, -0.2) is 54.6 Å². The van der Waals surface area contributed by atoms with Crippen molar-refractivity contribution in [1.82, 2.24) is 24.7 Å². The Morgan fingerprint density at radius 1 is 1.17 bits per heavy atom. The fourth-order valence-corrected chi connectivity index (χ4v) is 5.04. The van der Waals surface area contributed by atoms with Gasteiger partial charge >= 0.3 is 0 Å². The zero-order valence-electron chi connectivity index (χ0n) is 17.6. The molecule has 2 heterocycles. The van der Waals surface area contributed by atoms with Gasteiger partial charge in [0, 0.05) is 45.1 Å². The van der Waals surface area contributed by atoms with Gasteiger partial charge in [-0.3, -0.25) is 4.68 Å². The van der Waals surface area contributed by atoms with Crippen LogP contribution < -0.4 is 10.6 Å². The molecule has 2 aromatic rings. The first-order valence-electron chi connectivity index (χ1n) is 10.7. The van der Waals surface area contributed by atoms with Crippen molar-refractivity contribution in [3.05, 3.63) is 48.3 Å². The highest BCUT2D eigenvalue weighted by molar-refractivity contribution is 7.89. The first kappa shape index (κ1) is 22.3. The number of rotatable bonds is 9. The number of hydrogen-bond acceptors (Lipinski definition) is 4. The third-order valence-electron chi connectivity index (χ3n) is 5.03. The van der Waals surface area contributed by atoms with Crippen LogP contribution in [0.5, 0.6) is 0 Å². The number of aromatic nitrogens is 2. The normalized spacial score (nSPS) is 15.8. The van der Waals surface area contributed by atoms with E-state index in [2.05, 4.69) is 20.7 Å². The molecule has 2 N–H and O–H groups in total. The SMILES string of the molecule is CCNC(=NCc1cccc(S(=O)(=O)N2CCCCC2)c1)NCCCn1cccn1. The number of sulfonamides is 1. The Hall–Kier alpha value is -2.39. The van der Waals surface area contributed by atoms with Crippen LogP contribution in [-0.2, 0) is 23.1 Å². The lowest BCUT2D eigenvalue weighted by Gasteiger charge is -2.26. The Balaban J connectivity index is 1.59. The highest BCUT2D eigenvalue weighted by Gasteiger charge is 2.25. The number of piperidine rings is 1. The van der Waals surface area contributed by atoms with E-state index >= 15 is 0 Å². The highest BCUT2D eigenvalue weighted by Crippen LogP contribution is 2.21. The van der Waals surface area contributed by atoms with Crippen molar-refractivity contribution >= 4 is 16.0 Å². The molecule has 30 heavy (non-hydrogen) atoms. The number of aliphatic imine (C=N–C) groups is 1. The summed E-state index contributed by atoms with van der Waals surface area (Å²) in [5.74, 6) is 0.724. The number of nitrogens with one attached hydrogen (secondary N) is 2. The van der Waals surface area contributed by atoms with Crippen LogP contribution in [0.3, 0.4) is 0 Å². The maximum atomic E-state index is 12.9. The standard InChI is InChI=1S/C21H32N6O2S/c1-2-22-21(23-11-7-13-26-14-8-12-25-26)24-18-19-9-6-10-20(17-19)30(28,29)27-15-4-3-5-16-27/h6,8-10,12,14,17H,2-5,7,11,13,15-16,18H2,1H3,(H2,22,23,24). The van der Waals surface area contributed by atoms with Gasteiger partial charge in [0.05, 0.1) is 11.4 Å². The van der Waals surface area contributed by atoms with Gasteiger partial charge in [-0.1, -0.05) is 18.6 Å². The Kier molecular flexibility index (Phi) is 8.27. The second kappa shape index (κ2) is 11.1. The average molecular weight is 433 g/mol. The Morgan fingerprint density at radius 2 is 2.00 bits per heavy atom. The molecule has 8 nitrogen and oxygen atoms in total. The number of nitrogens with zero attached hydrogens (tertiary/aromatic N) is 4. The van der Waals surface area contributed by atoms with Gasteiger partial charge in [0.1, 0.15) is 0 Å².